The first kappa shape index (κ1) is 14.1. The number of rotatable bonds is 3. The van der Waals surface area contributed by atoms with Crippen molar-refractivity contribution in [2.75, 3.05) is 0 Å². The van der Waals surface area contributed by atoms with Crippen molar-refractivity contribution in [2.45, 2.75) is 17.7 Å². The molecular weight excluding hydrogens is 211 g/mol. The van der Waals surface area contributed by atoms with E-state index in [0.29, 0.717) is 0 Å². The van der Waals surface area contributed by atoms with E-state index in [4.69, 9.17) is 4.55 Å². The second kappa shape index (κ2) is 5.88. The van der Waals surface area contributed by atoms with E-state index in [9.17, 15) is 8.42 Å². The van der Waals surface area contributed by atoms with Gasteiger partial charge in [-0.05, 0) is 30.5 Å². The molecular formula is C9H12NaO3S. The van der Waals surface area contributed by atoms with Gasteiger partial charge in [0, 0.05) is 0 Å². The maximum atomic E-state index is 10.6. The van der Waals surface area contributed by atoms with E-state index in [1.165, 1.54) is 12.1 Å². The Labute approximate surface area is 107 Å². The van der Waals surface area contributed by atoms with Gasteiger partial charge in [-0.1, -0.05) is 19.1 Å². The second-order valence-corrected chi connectivity index (χ2v) is 4.14. The van der Waals surface area contributed by atoms with Gasteiger partial charge in [-0.3, -0.25) is 4.55 Å². The van der Waals surface area contributed by atoms with E-state index in [2.05, 4.69) is 6.92 Å². The van der Waals surface area contributed by atoms with Crippen LogP contribution in [-0.4, -0.2) is 42.5 Å². The molecule has 0 aliphatic rings. The zero-order chi connectivity index (χ0) is 9.90. The second-order valence-electron chi connectivity index (χ2n) is 2.72. The Hall–Kier alpha value is 0.130. The molecule has 0 unspecified atom stereocenters. The van der Waals surface area contributed by atoms with Crippen LogP contribution in [0.3, 0.4) is 0 Å². The first-order chi connectivity index (χ1) is 6.04. The third-order valence-corrected chi connectivity index (χ3v) is 2.55. The van der Waals surface area contributed by atoms with Crippen molar-refractivity contribution in [3.63, 3.8) is 0 Å². The van der Waals surface area contributed by atoms with Crippen molar-refractivity contribution >= 4 is 39.7 Å². The molecule has 0 amide bonds. The monoisotopic (exact) mass is 223 g/mol. The fourth-order valence-electron chi connectivity index (χ4n) is 1.03. The molecule has 0 saturated carbocycles. The average Bonchev–Trinajstić information content (AvgIpc) is 2.04. The summed E-state index contributed by atoms with van der Waals surface area (Å²) in [6.07, 6.45) is 1.58. The van der Waals surface area contributed by atoms with E-state index >= 15 is 0 Å². The molecule has 0 aromatic heterocycles. The van der Waals surface area contributed by atoms with Crippen molar-refractivity contribution in [3.8, 4) is 0 Å². The molecule has 5 heteroatoms. The van der Waals surface area contributed by atoms with Crippen LogP contribution in [0.2, 0.25) is 0 Å². The molecule has 14 heavy (non-hydrogen) atoms. The first-order valence-corrected chi connectivity index (χ1v) is 5.34. The Balaban J connectivity index is 0.00000169. The molecule has 1 rings (SSSR count). The quantitative estimate of drug-likeness (QED) is 0.615. The van der Waals surface area contributed by atoms with Crippen molar-refractivity contribution < 1.29 is 13.0 Å². The molecule has 0 aliphatic heterocycles. The molecule has 0 aliphatic carbocycles. The molecule has 1 aromatic rings. The molecule has 0 heterocycles. The molecule has 1 aromatic carbocycles. The van der Waals surface area contributed by atoms with Crippen LogP contribution >= 0.6 is 0 Å². The Morgan fingerprint density at radius 3 is 2.07 bits per heavy atom. The Kier molecular flexibility index (Phi) is 5.93. The van der Waals surface area contributed by atoms with Crippen LogP contribution in [0.4, 0.5) is 0 Å². The molecule has 0 atom stereocenters. The zero-order valence-electron chi connectivity index (χ0n) is 7.10. The fourth-order valence-corrected chi connectivity index (χ4v) is 1.51. The van der Waals surface area contributed by atoms with Crippen molar-refractivity contribution in [1.29, 1.82) is 0 Å². The van der Waals surface area contributed by atoms with Crippen molar-refractivity contribution in [1.82, 2.24) is 0 Å². The number of hydrogen-bond donors (Lipinski definition) is 1. The van der Waals surface area contributed by atoms with Crippen molar-refractivity contribution in [2.24, 2.45) is 0 Å². The third kappa shape index (κ3) is 4.11. The van der Waals surface area contributed by atoms with Gasteiger partial charge in [-0.15, -0.1) is 0 Å². The summed E-state index contributed by atoms with van der Waals surface area (Å²) >= 11 is 0. The summed E-state index contributed by atoms with van der Waals surface area (Å²) < 4.78 is 30.0. The minimum absolute atomic E-state index is 0. The molecule has 73 valence electrons. The van der Waals surface area contributed by atoms with Gasteiger partial charge in [0.1, 0.15) is 0 Å². The van der Waals surface area contributed by atoms with Crippen molar-refractivity contribution in [3.05, 3.63) is 36.8 Å². The summed E-state index contributed by atoms with van der Waals surface area (Å²) in [5.74, 6) is 0. The zero-order valence-corrected chi connectivity index (χ0v) is 7.92. The summed E-state index contributed by atoms with van der Waals surface area (Å²) in [6.45, 7) is 3.68. The van der Waals surface area contributed by atoms with Crippen LogP contribution in [0.25, 0.3) is 0 Å². The van der Waals surface area contributed by atoms with Gasteiger partial charge in [0.15, 0.2) is 0 Å². The van der Waals surface area contributed by atoms with Gasteiger partial charge in [0.2, 0.25) is 0 Å². The Bertz CT molecular complexity index is 370. The number of aryl methyl sites for hydroxylation is 1. The van der Waals surface area contributed by atoms with Gasteiger partial charge in [0.25, 0.3) is 10.1 Å². The average molecular weight is 223 g/mol. The molecule has 0 spiro atoms. The number of benzene rings is 1. The molecule has 0 fully saturated rings. The van der Waals surface area contributed by atoms with E-state index < -0.39 is 10.1 Å². The summed E-state index contributed by atoms with van der Waals surface area (Å²) in [5.41, 5.74) is 1.02. The van der Waals surface area contributed by atoms with Gasteiger partial charge in [-0.25, -0.2) is 0 Å². The summed E-state index contributed by atoms with van der Waals surface area (Å²) in [5, 5.41) is 0. The van der Waals surface area contributed by atoms with E-state index in [-0.39, 0.29) is 34.5 Å². The van der Waals surface area contributed by atoms with E-state index in [0.717, 1.165) is 18.4 Å². The molecule has 1 N–H and O–H groups in total. The van der Waals surface area contributed by atoms with Crippen LogP contribution in [0.15, 0.2) is 29.2 Å². The molecule has 0 bridgehead atoms. The van der Waals surface area contributed by atoms with E-state index in [1.54, 1.807) is 12.1 Å². The van der Waals surface area contributed by atoms with Gasteiger partial charge in [0.05, 0.1) is 4.90 Å². The number of hydrogen-bond acceptors (Lipinski definition) is 2. The molecule has 1 radical (unpaired) electrons. The summed E-state index contributed by atoms with van der Waals surface area (Å²) in [6, 6.07) is 6.13. The van der Waals surface area contributed by atoms with Gasteiger partial charge < -0.3 is 0 Å². The predicted molar refractivity (Wildman–Crippen MR) is 57.1 cm³/mol. The van der Waals surface area contributed by atoms with Crippen LogP contribution in [-0.2, 0) is 16.5 Å². The van der Waals surface area contributed by atoms with E-state index in [1.807, 2.05) is 0 Å². The minimum atomic E-state index is -4.05. The predicted octanol–water partition coefficient (Wildman–Crippen LogP) is 1.05. The van der Waals surface area contributed by atoms with Crippen LogP contribution in [0.1, 0.15) is 12.0 Å². The third-order valence-electron chi connectivity index (χ3n) is 1.69. The summed E-state index contributed by atoms with van der Waals surface area (Å²) in [4.78, 5) is -0.0692. The van der Waals surface area contributed by atoms with Gasteiger partial charge >= 0.3 is 29.6 Å². The maximum absolute atomic E-state index is 10.6. The standard InChI is InChI=1S/C9H11O3S.Na.H/c1-2-3-8-4-6-9(7-5-8)13(10,11)12;;/h4-7H,1-3H2,(H,10,11,12);;. The molecule has 3 nitrogen and oxygen atoms in total. The molecule has 0 saturated heterocycles. The Morgan fingerprint density at radius 2 is 1.71 bits per heavy atom. The first-order valence-electron chi connectivity index (χ1n) is 3.89. The fraction of sp³-hybridized carbons (Fsp3) is 0.222. The topological polar surface area (TPSA) is 54.4 Å². The van der Waals surface area contributed by atoms with Crippen LogP contribution < -0.4 is 0 Å². The summed E-state index contributed by atoms with van der Waals surface area (Å²) in [7, 11) is -4.05. The normalized spacial score (nSPS) is 10.7. The van der Waals surface area contributed by atoms with Gasteiger partial charge in [-0.2, -0.15) is 8.42 Å². The SMILES string of the molecule is [CH2]CCc1ccc(S(=O)(=O)O)cc1.[NaH]. The van der Waals surface area contributed by atoms with Crippen LogP contribution in [0, 0.1) is 6.92 Å². The Morgan fingerprint density at radius 1 is 1.21 bits per heavy atom. The van der Waals surface area contributed by atoms with Crippen LogP contribution in [0.5, 0.6) is 0 Å².